The molecule has 1 atom stereocenters. The SMILES string of the molecule is CCOC(=O)CNC(C)C(=O)NC(C)C. The van der Waals surface area contributed by atoms with Crippen molar-refractivity contribution >= 4 is 11.9 Å². The molecule has 0 aromatic rings. The van der Waals surface area contributed by atoms with Gasteiger partial charge in [0.1, 0.15) is 0 Å². The molecule has 15 heavy (non-hydrogen) atoms. The van der Waals surface area contributed by atoms with E-state index in [0.717, 1.165) is 0 Å². The van der Waals surface area contributed by atoms with E-state index in [4.69, 9.17) is 4.74 Å². The minimum Gasteiger partial charge on any atom is -0.465 e. The lowest BCUT2D eigenvalue weighted by atomic mass is 10.3. The second kappa shape index (κ2) is 7.23. The summed E-state index contributed by atoms with van der Waals surface area (Å²) in [6.07, 6.45) is 0. The zero-order chi connectivity index (χ0) is 11.8. The summed E-state index contributed by atoms with van der Waals surface area (Å²) < 4.78 is 4.72. The Bertz CT molecular complexity index is 217. The van der Waals surface area contributed by atoms with Gasteiger partial charge < -0.3 is 10.1 Å². The zero-order valence-electron chi connectivity index (χ0n) is 9.79. The Balaban J connectivity index is 3.77. The van der Waals surface area contributed by atoms with Gasteiger partial charge in [0.25, 0.3) is 0 Å². The Kier molecular flexibility index (Phi) is 6.70. The standard InChI is InChI=1S/C10H20N2O3/c1-5-15-9(13)6-11-8(4)10(14)12-7(2)3/h7-8,11H,5-6H2,1-4H3,(H,12,14). The normalized spacial score (nSPS) is 12.3. The van der Waals surface area contributed by atoms with Gasteiger partial charge in [0, 0.05) is 6.04 Å². The molecule has 2 N–H and O–H groups in total. The van der Waals surface area contributed by atoms with Crippen LogP contribution in [0.15, 0.2) is 0 Å². The second-order valence-corrected chi connectivity index (χ2v) is 3.57. The first-order chi connectivity index (χ1) is 6.97. The van der Waals surface area contributed by atoms with E-state index < -0.39 is 6.04 Å². The van der Waals surface area contributed by atoms with Gasteiger partial charge in [-0.2, -0.15) is 0 Å². The molecule has 0 rings (SSSR count). The Morgan fingerprint density at radius 3 is 2.33 bits per heavy atom. The molecule has 0 saturated heterocycles. The summed E-state index contributed by atoms with van der Waals surface area (Å²) in [6, 6.07) is -0.291. The summed E-state index contributed by atoms with van der Waals surface area (Å²) in [4.78, 5) is 22.4. The molecule has 0 spiro atoms. The van der Waals surface area contributed by atoms with Crippen molar-refractivity contribution in [2.24, 2.45) is 0 Å². The van der Waals surface area contributed by atoms with E-state index in [2.05, 4.69) is 10.6 Å². The van der Waals surface area contributed by atoms with Crippen molar-refractivity contribution in [3.63, 3.8) is 0 Å². The van der Waals surface area contributed by atoms with Gasteiger partial charge in [-0.15, -0.1) is 0 Å². The summed E-state index contributed by atoms with van der Waals surface area (Å²) in [5.41, 5.74) is 0. The number of amides is 1. The number of hydrogen-bond donors (Lipinski definition) is 2. The van der Waals surface area contributed by atoms with E-state index in [-0.39, 0.29) is 24.5 Å². The molecular weight excluding hydrogens is 196 g/mol. The van der Waals surface area contributed by atoms with Gasteiger partial charge in [0.2, 0.25) is 5.91 Å². The van der Waals surface area contributed by atoms with Crippen LogP contribution in [0.3, 0.4) is 0 Å². The predicted molar refractivity (Wildman–Crippen MR) is 57.4 cm³/mol. The van der Waals surface area contributed by atoms with Gasteiger partial charge in [-0.1, -0.05) is 0 Å². The van der Waals surface area contributed by atoms with Crippen LogP contribution in [-0.4, -0.2) is 37.1 Å². The van der Waals surface area contributed by atoms with Crippen LogP contribution in [0.2, 0.25) is 0 Å². The van der Waals surface area contributed by atoms with Crippen molar-refractivity contribution in [3.8, 4) is 0 Å². The van der Waals surface area contributed by atoms with Crippen LogP contribution in [0.4, 0.5) is 0 Å². The molecule has 0 aromatic carbocycles. The molecule has 0 radical (unpaired) electrons. The van der Waals surface area contributed by atoms with E-state index in [9.17, 15) is 9.59 Å². The number of nitrogens with one attached hydrogen (secondary N) is 2. The smallest absolute Gasteiger partial charge is 0.319 e. The molecule has 0 aliphatic carbocycles. The fraction of sp³-hybridized carbons (Fsp3) is 0.800. The predicted octanol–water partition coefficient (Wildman–Crippen LogP) is 0.0522. The highest BCUT2D eigenvalue weighted by Crippen LogP contribution is 1.86. The third kappa shape index (κ3) is 6.90. The summed E-state index contributed by atoms with van der Waals surface area (Å²) >= 11 is 0. The first-order valence-electron chi connectivity index (χ1n) is 5.16. The molecule has 0 aliphatic heterocycles. The van der Waals surface area contributed by atoms with Gasteiger partial charge in [-0.05, 0) is 27.7 Å². The van der Waals surface area contributed by atoms with Crippen LogP contribution in [0.5, 0.6) is 0 Å². The first kappa shape index (κ1) is 13.9. The van der Waals surface area contributed by atoms with E-state index in [0.29, 0.717) is 6.61 Å². The van der Waals surface area contributed by atoms with E-state index in [1.165, 1.54) is 0 Å². The lowest BCUT2D eigenvalue weighted by Gasteiger charge is -2.15. The summed E-state index contributed by atoms with van der Waals surface area (Å²) in [5.74, 6) is -0.462. The van der Waals surface area contributed by atoms with Crippen LogP contribution in [0, 0.1) is 0 Å². The molecule has 0 heterocycles. The molecule has 0 saturated carbocycles. The topological polar surface area (TPSA) is 67.4 Å². The van der Waals surface area contributed by atoms with Crippen molar-refractivity contribution in [3.05, 3.63) is 0 Å². The van der Waals surface area contributed by atoms with Crippen LogP contribution < -0.4 is 10.6 Å². The zero-order valence-corrected chi connectivity index (χ0v) is 9.79. The third-order valence-electron chi connectivity index (χ3n) is 1.68. The quantitative estimate of drug-likeness (QED) is 0.616. The highest BCUT2D eigenvalue weighted by atomic mass is 16.5. The largest absolute Gasteiger partial charge is 0.465 e. The molecular formula is C10H20N2O3. The highest BCUT2D eigenvalue weighted by molar-refractivity contribution is 5.82. The van der Waals surface area contributed by atoms with E-state index in [1.54, 1.807) is 13.8 Å². The third-order valence-corrected chi connectivity index (χ3v) is 1.68. The first-order valence-corrected chi connectivity index (χ1v) is 5.16. The van der Waals surface area contributed by atoms with Crippen molar-refractivity contribution in [1.82, 2.24) is 10.6 Å². The fourth-order valence-corrected chi connectivity index (χ4v) is 0.951. The van der Waals surface area contributed by atoms with Gasteiger partial charge >= 0.3 is 5.97 Å². The molecule has 0 aromatic heterocycles. The van der Waals surface area contributed by atoms with Crippen molar-refractivity contribution < 1.29 is 14.3 Å². The molecule has 0 fully saturated rings. The fourth-order valence-electron chi connectivity index (χ4n) is 0.951. The number of esters is 1. The summed E-state index contributed by atoms with van der Waals surface area (Å²) in [6.45, 7) is 7.63. The Morgan fingerprint density at radius 1 is 1.27 bits per heavy atom. The average Bonchev–Trinajstić information content (AvgIpc) is 2.13. The van der Waals surface area contributed by atoms with Crippen LogP contribution in [-0.2, 0) is 14.3 Å². The molecule has 1 unspecified atom stereocenters. The molecule has 0 bridgehead atoms. The van der Waals surface area contributed by atoms with Crippen LogP contribution in [0.25, 0.3) is 0 Å². The van der Waals surface area contributed by atoms with Gasteiger partial charge in [-0.25, -0.2) is 0 Å². The van der Waals surface area contributed by atoms with Crippen molar-refractivity contribution in [2.45, 2.75) is 39.8 Å². The number of rotatable bonds is 6. The lowest BCUT2D eigenvalue weighted by molar-refractivity contribution is -0.142. The highest BCUT2D eigenvalue weighted by Gasteiger charge is 2.14. The monoisotopic (exact) mass is 216 g/mol. The summed E-state index contributed by atoms with van der Waals surface area (Å²) in [5, 5.41) is 5.53. The van der Waals surface area contributed by atoms with Crippen molar-refractivity contribution in [2.75, 3.05) is 13.2 Å². The average molecular weight is 216 g/mol. The Morgan fingerprint density at radius 2 is 1.87 bits per heavy atom. The molecule has 88 valence electrons. The lowest BCUT2D eigenvalue weighted by Crippen LogP contribution is -2.46. The second-order valence-electron chi connectivity index (χ2n) is 3.57. The minimum absolute atomic E-state index is 0.0561. The van der Waals surface area contributed by atoms with Gasteiger partial charge in [-0.3, -0.25) is 14.9 Å². The van der Waals surface area contributed by atoms with Crippen LogP contribution >= 0.6 is 0 Å². The maximum Gasteiger partial charge on any atom is 0.319 e. The number of hydrogen-bond acceptors (Lipinski definition) is 4. The molecule has 1 amide bonds. The molecule has 5 heteroatoms. The van der Waals surface area contributed by atoms with E-state index >= 15 is 0 Å². The Hall–Kier alpha value is -1.10. The van der Waals surface area contributed by atoms with Gasteiger partial charge in [0.15, 0.2) is 0 Å². The van der Waals surface area contributed by atoms with E-state index in [1.807, 2.05) is 13.8 Å². The Labute approximate surface area is 90.6 Å². The summed E-state index contributed by atoms with van der Waals surface area (Å²) in [7, 11) is 0. The number of carbonyl (C=O) groups is 2. The maximum absolute atomic E-state index is 11.4. The minimum atomic E-state index is -0.392. The maximum atomic E-state index is 11.4. The number of ether oxygens (including phenoxy) is 1. The molecule has 5 nitrogen and oxygen atoms in total. The van der Waals surface area contributed by atoms with Gasteiger partial charge in [0.05, 0.1) is 19.2 Å². The molecule has 0 aliphatic rings. The van der Waals surface area contributed by atoms with Crippen molar-refractivity contribution in [1.29, 1.82) is 0 Å². The van der Waals surface area contributed by atoms with Crippen LogP contribution in [0.1, 0.15) is 27.7 Å². The number of carbonyl (C=O) groups excluding carboxylic acids is 2.